The number of carbonyl (C=O) groups is 1. The highest BCUT2D eigenvalue weighted by Crippen LogP contribution is 2.26. The minimum atomic E-state index is -0.251. The van der Waals surface area contributed by atoms with Crippen molar-refractivity contribution in [2.45, 2.75) is 45.3 Å². The van der Waals surface area contributed by atoms with Gasteiger partial charge in [0.15, 0.2) is 0 Å². The Morgan fingerprint density at radius 3 is 2.53 bits per heavy atom. The molecule has 0 atom stereocenters. The molecule has 1 amide bonds. The Morgan fingerprint density at radius 1 is 1.53 bits per heavy atom. The zero-order chi connectivity index (χ0) is 11.5. The number of amides is 1. The first kappa shape index (κ1) is 12.2. The SMILES string of the molecule is C=CCN(C(=O)COC(C)(C)C)C1CC1. The molecular weight excluding hydrogens is 190 g/mol. The van der Waals surface area contributed by atoms with Crippen molar-refractivity contribution in [1.82, 2.24) is 4.90 Å². The van der Waals surface area contributed by atoms with E-state index < -0.39 is 0 Å². The average molecular weight is 211 g/mol. The van der Waals surface area contributed by atoms with Crippen molar-refractivity contribution >= 4 is 5.91 Å². The van der Waals surface area contributed by atoms with Crippen molar-refractivity contribution in [1.29, 1.82) is 0 Å². The molecule has 0 aliphatic heterocycles. The molecule has 86 valence electrons. The van der Waals surface area contributed by atoms with E-state index in [4.69, 9.17) is 4.74 Å². The van der Waals surface area contributed by atoms with Crippen LogP contribution in [0.25, 0.3) is 0 Å². The van der Waals surface area contributed by atoms with E-state index in [0.29, 0.717) is 12.6 Å². The van der Waals surface area contributed by atoms with Crippen molar-refractivity contribution in [2.75, 3.05) is 13.2 Å². The monoisotopic (exact) mass is 211 g/mol. The van der Waals surface area contributed by atoms with E-state index in [1.807, 2.05) is 25.7 Å². The second kappa shape index (κ2) is 4.79. The molecule has 0 aromatic rings. The molecule has 0 N–H and O–H groups in total. The highest BCUT2D eigenvalue weighted by atomic mass is 16.5. The van der Waals surface area contributed by atoms with Crippen LogP contribution < -0.4 is 0 Å². The summed E-state index contributed by atoms with van der Waals surface area (Å²) in [6.45, 7) is 10.3. The van der Waals surface area contributed by atoms with E-state index in [1.54, 1.807) is 6.08 Å². The summed E-state index contributed by atoms with van der Waals surface area (Å²) in [6.07, 6.45) is 4.01. The topological polar surface area (TPSA) is 29.5 Å². The molecule has 0 bridgehead atoms. The molecule has 1 rings (SSSR count). The molecule has 0 heterocycles. The summed E-state index contributed by atoms with van der Waals surface area (Å²) in [6, 6.07) is 0.430. The van der Waals surface area contributed by atoms with Gasteiger partial charge in [0.2, 0.25) is 5.91 Å². The van der Waals surface area contributed by atoms with E-state index in [1.165, 1.54) is 0 Å². The number of nitrogens with zero attached hydrogens (tertiary/aromatic N) is 1. The van der Waals surface area contributed by atoms with Gasteiger partial charge in [-0.15, -0.1) is 6.58 Å². The van der Waals surface area contributed by atoms with E-state index in [-0.39, 0.29) is 18.1 Å². The molecule has 0 spiro atoms. The van der Waals surface area contributed by atoms with E-state index in [0.717, 1.165) is 12.8 Å². The van der Waals surface area contributed by atoms with Crippen molar-refractivity contribution < 1.29 is 9.53 Å². The predicted octanol–water partition coefficient (Wildman–Crippen LogP) is 1.98. The molecule has 3 nitrogen and oxygen atoms in total. The third kappa shape index (κ3) is 4.47. The van der Waals surface area contributed by atoms with Gasteiger partial charge in [-0.2, -0.15) is 0 Å². The van der Waals surface area contributed by atoms with Crippen LogP contribution in [0.1, 0.15) is 33.6 Å². The molecule has 0 aromatic carbocycles. The summed E-state index contributed by atoms with van der Waals surface area (Å²) >= 11 is 0. The number of hydrogen-bond donors (Lipinski definition) is 0. The Labute approximate surface area is 92.1 Å². The van der Waals surface area contributed by atoms with Crippen molar-refractivity contribution in [3.63, 3.8) is 0 Å². The maximum absolute atomic E-state index is 11.8. The van der Waals surface area contributed by atoms with E-state index >= 15 is 0 Å². The van der Waals surface area contributed by atoms with Gasteiger partial charge in [0, 0.05) is 12.6 Å². The molecular formula is C12H21NO2. The maximum Gasteiger partial charge on any atom is 0.249 e. The molecule has 0 unspecified atom stereocenters. The average Bonchev–Trinajstić information content (AvgIpc) is 2.92. The zero-order valence-corrected chi connectivity index (χ0v) is 9.95. The largest absolute Gasteiger partial charge is 0.366 e. The Hall–Kier alpha value is -0.830. The van der Waals surface area contributed by atoms with Gasteiger partial charge in [-0.05, 0) is 33.6 Å². The number of hydrogen-bond acceptors (Lipinski definition) is 2. The van der Waals surface area contributed by atoms with Crippen LogP contribution in [0.4, 0.5) is 0 Å². The Morgan fingerprint density at radius 2 is 2.13 bits per heavy atom. The first-order valence-corrected chi connectivity index (χ1v) is 5.48. The quantitative estimate of drug-likeness (QED) is 0.651. The molecule has 0 saturated heterocycles. The van der Waals surface area contributed by atoms with Gasteiger partial charge in [-0.1, -0.05) is 6.08 Å². The normalized spacial score (nSPS) is 16.2. The zero-order valence-electron chi connectivity index (χ0n) is 9.95. The first-order valence-electron chi connectivity index (χ1n) is 5.48. The van der Waals surface area contributed by atoms with Crippen LogP contribution in [-0.2, 0) is 9.53 Å². The Kier molecular flexibility index (Phi) is 3.91. The number of rotatable bonds is 5. The van der Waals surface area contributed by atoms with Crippen molar-refractivity contribution in [3.8, 4) is 0 Å². The van der Waals surface area contributed by atoms with Crippen LogP contribution in [0, 0.1) is 0 Å². The smallest absolute Gasteiger partial charge is 0.249 e. The lowest BCUT2D eigenvalue weighted by Crippen LogP contribution is -2.38. The molecule has 15 heavy (non-hydrogen) atoms. The fraction of sp³-hybridized carbons (Fsp3) is 0.750. The lowest BCUT2D eigenvalue weighted by molar-refractivity contribution is -0.141. The van der Waals surface area contributed by atoms with Gasteiger partial charge < -0.3 is 9.64 Å². The summed E-state index contributed by atoms with van der Waals surface area (Å²) in [5.41, 5.74) is -0.251. The summed E-state index contributed by atoms with van der Waals surface area (Å²) in [5.74, 6) is 0.0762. The van der Waals surface area contributed by atoms with Crippen LogP contribution >= 0.6 is 0 Å². The molecule has 3 heteroatoms. The van der Waals surface area contributed by atoms with Crippen LogP contribution in [0.3, 0.4) is 0 Å². The van der Waals surface area contributed by atoms with Crippen LogP contribution in [0.2, 0.25) is 0 Å². The fourth-order valence-corrected chi connectivity index (χ4v) is 1.34. The summed E-state index contributed by atoms with van der Waals surface area (Å²) < 4.78 is 5.47. The Balaban J connectivity index is 2.39. The second-order valence-electron chi connectivity index (χ2n) is 4.97. The summed E-state index contributed by atoms with van der Waals surface area (Å²) in [4.78, 5) is 13.7. The lowest BCUT2D eigenvalue weighted by atomic mass is 10.2. The molecule has 1 saturated carbocycles. The molecule has 0 radical (unpaired) electrons. The third-order valence-electron chi connectivity index (χ3n) is 2.26. The lowest BCUT2D eigenvalue weighted by Gasteiger charge is -2.24. The minimum absolute atomic E-state index is 0.0762. The molecule has 1 aliphatic rings. The van der Waals surface area contributed by atoms with Crippen molar-refractivity contribution in [2.24, 2.45) is 0 Å². The molecule has 1 aliphatic carbocycles. The highest BCUT2D eigenvalue weighted by molar-refractivity contribution is 5.78. The van der Waals surface area contributed by atoms with Crippen LogP contribution in [0.15, 0.2) is 12.7 Å². The molecule has 0 aromatic heterocycles. The summed E-state index contributed by atoms with van der Waals surface area (Å²) in [7, 11) is 0. The first-order chi connectivity index (χ1) is 6.94. The standard InChI is InChI=1S/C12H21NO2/c1-5-8-13(10-6-7-10)11(14)9-15-12(2,3)4/h5,10H,1,6-9H2,2-4H3. The maximum atomic E-state index is 11.8. The van der Waals surface area contributed by atoms with Crippen LogP contribution in [-0.4, -0.2) is 35.6 Å². The van der Waals surface area contributed by atoms with Crippen molar-refractivity contribution in [3.05, 3.63) is 12.7 Å². The molecule has 1 fully saturated rings. The number of carbonyl (C=O) groups excluding carboxylic acids is 1. The number of ether oxygens (including phenoxy) is 1. The van der Waals surface area contributed by atoms with Gasteiger partial charge >= 0.3 is 0 Å². The van der Waals surface area contributed by atoms with Gasteiger partial charge in [0.1, 0.15) is 6.61 Å². The van der Waals surface area contributed by atoms with Gasteiger partial charge in [-0.3, -0.25) is 4.79 Å². The van der Waals surface area contributed by atoms with Gasteiger partial charge in [-0.25, -0.2) is 0 Å². The van der Waals surface area contributed by atoms with Gasteiger partial charge in [0.25, 0.3) is 0 Å². The van der Waals surface area contributed by atoms with E-state index in [9.17, 15) is 4.79 Å². The van der Waals surface area contributed by atoms with Gasteiger partial charge in [0.05, 0.1) is 5.60 Å². The highest BCUT2D eigenvalue weighted by Gasteiger charge is 2.32. The Bertz CT molecular complexity index is 238. The predicted molar refractivity (Wildman–Crippen MR) is 60.6 cm³/mol. The van der Waals surface area contributed by atoms with E-state index in [2.05, 4.69) is 6.58 Å². The fourth-order valence-electron chi connectivity index (χ4n) is 1.34. The summed E-state index contributed by atoms with van der Waals surface area (Å²) in [5, 5.41) is 0. The minimum Gasteiger partial charge on any atom is -0.366 e. The third-order valence-corrected chi connectivity index (χ3v) is 2.26. The second-order valence-corrected chi connectivity index (χ2v) is 4.97. The van der Waals surface area contributed by atoms with Crippen LogP contribution in [0.5, 0.6) is 0 Å².